The lowest BCUT2D eigenvalue weighted by molar-refractivity contribution is 0.601. The third kappa shape index (κ3) is 4.08. The number of anilines is 4. The van der Waals surface area contributed by atoms with Gasteiger partial charge in [-0.1, -0.05) is 0 Å². The SMILES string of the molecule is Cc1cc(Nc2nccc(Nc3n[nH]c(C)c3C)n2)c(C)c(S(C)(=O)=O)c1. The minimum Gasteiger partial charge on any atom is -0.324 e. The first-order valence-electron chi connectivity index (χ1n) is 8.35. The topological polar surface area (TPSA) is 113 Å². The number of hydrogen-bond acceptors (Lipinski definition) is 7. The Morgan fingerprint density at radius 1 is 1.04 bits per heavy atom. The van der Waals surface area contributed by atoms with Crippen molar-refractivity contribution in [1.29, 1.82) is 0 Å². The van der Waals surface area contributed by atoms with E-state index in [1.54, 1.807) is 25.3 Å². The number of hydrogen-bond donors (Lipinski definition) is 3. The fourth-order valence-corrected chi connectivity index (χ4v) is 3.74. The number of aryl methyl sites for hydroxylation is 2. The molecule has 0 aliphatic carbocycles. The van der Waals surface area contributed by atoms with Crippen LogP contribution in [-0.2, 0) is 9.84 Å². The van der Waals surface area contributed by atoms with Gasteiger partial charge in [-0.15, -0.1) is 0 Å². The average molecular weight is 386 g/mol. The molecule has 2 aromatic heterocycles. The van der Waals surface area contributed by atoms with Crippen LogP contribution in [0.4, 0.5) is 23.3 Å². The van der Waals surface area contributed by atoms with Crippen molar-refractivity contribution in [1.82, 2.24) is 20.2 Å². The highest BCUT2D eigenvalue weighted by atomic mass is 32.2. The zero-order chi connectivity index (χ0) is 19.8. The number of H-pyrrole nitrogens is 1. The van der Waals surface area contributed by atoms with Crippen molar-refractivity contribution in [2.75, 3.05) is 16.9 Å². The number of nitrogens with zero attached hydrogens (tertiary/aromatic N) is 3. The zero-order valence-corrected chi connectivity index (χ0v) is 16.7. The first-order valence-corrected chi connectivity index (χ1v) is 10.2. The zero-order valence-electron chi connectivity index (χ0n) is 15.9. The van der Waals surface area contributed by atoms with Gasteiger partial charge in [0.2, 0.25) is 5.95 Å². The van der Waals surface area contributed by atoms with Crippen LogP contribution in [0.25, 0.3) is 0 Å². The number of nitrogens with one attached hydrogen (secondary N) is 3. The molecule has 0 amide bonds. The van der Waals surface area contributed by atoms with Crippen LogP contribution in [0, 0.1) is 27.7 Å². The van der Waals surface area contributed by atoms with Crippen molar-refractivity contribution in [3.63, 3.8) is 0 Å². The molecule has 8 nitrogen and oxygen atoms in total. The second-order valence-electron chi connectivity index (χ2n) is 6.55. The molecule has 0 spiro atoms. The summed E-state index contributed by atoms with van der Waals surface area (Å²) < 4.78 is 24.0. The van der Waals surface area contributed by atoms with Gasteiger partial charge in [-0.3, -0.25) is 5.10 Å². The van der Waals surface area contributed by atoms with Crippen LogP contribution >= 0.6 is 0 Å². The maximum absolute atomic E-state index is 12.0. The molecule has 27 heavy (non-hydrogen) atoms. The number of rotatable bonds is 5. The van der Waals surface area contributed by atoms with Gasteiger partial charge in [-0.2, -0.15) is 10.1 Å². The van der Waals surface area contributed by atoms with Crippen molar-refractivity contribution in [2.24, 2.45) is 0 Å². The van der Waals surface area contributed by atoms with Gasteiger partial charge in [-0.25, -0.2) is 13.4 Å². The van der Waals surface area contributed by atoms with Gasteiger partial charge < -0.3 is 10.6 Å². The summed E-state index contributed by atoms with van der Waals surface area (Å²) in [5, 5.41) is 13.4. The van der Waals surface area contributed by atoms with E-state index in [0.29, 0.717) is 33.7 Å². The van der Waals surface area contributed by atoms with E-state index in [4.69, 9.17) is 0 Å². The Balaban J connectivity index is 1.91. The van der Waals surface area contributed by atoms with Crippen molar-refractivity contribution in [3.05, 3.63) is 46.8 Å². The number of benzene rings is 1. The molecule has 3 N–H and O–H groups in total. The smallest absolute Gasteiger partial charge is 0.229 e. The molecule has 142 valence electrons. The molecule has 0 fully saturated rings. The molecule has 2 heterocycles. The molecule has 0 aliphatic heterocycles. The third-order valence-corrected chi connectivity index (χ3v) is 5.53. The average Bonchev–Trinajstić information content (AvgIpc) is 2.89. The van der Waals surface area contributed by atoms with E-state index >= 15 is 0 Å². The quantitative estimate of drug-likeness (QED) is 0.616. The minimum absolute atomic E-state index is 0.293. The standard InChI is InChI=1S/C18H22N6O2S/c1-10-8-14(12(3)15(9-10)27(5,25)26)20-18-19-7-6-16(22-18)21-17-11(2)13(4)23-24-17/h6-9H,1-5H3,(H3,19,20,21,22,23,24). The van der Waals surface area contributed by atoms with Crippen molar-refractivity contribution in [3.8, 4) is 0 Å². The maximum Gasteiger partial charge on any atom is 0.229 e. The molecule has 0 saturated carbocycles. The number of aromatic nitrogens is 4. The predicted molar refractivity (Wildman–Crippen MR) is 106 cm³/mol. The Morgan fingerprint density at radius 2 is 1.78 bits per heavy atom. The Labute approximate surface area is 158 Å². The predicted octanol–water partition coefficient (Wildman–Crippen LogP) is 3.32. The molecular formula is C18H22N6O2S. The summed E-state index contributed by atoms with van der Waals surface area (Å²) in [6.07, 6.45) is 2.82. The maximum atomic E-state index is 12.0. The Bertz CT molecular complexity index is 1110. The lowest BCUT2D eigenvalue weighted by Gasteiger charge is -2.13. The van der Waals surface area contributed by atoms with Crippen LogP contribution in [0.3, 0.4) is 0 Å². The fourth-order valence-electron chi connectivity index (χ4n) is 2.68. The first-order chi connectivity index (χ1) is 12.6. The molecular weight excluding hydrogens is 364 g/mol. The Morgan fingerprint density at radius 3 is 2.41 bits per heavy atom. The first kappa shape index (κ1) is 18.8. The fraction of sp³-hybridized carbons (Fsp3) is 0.278. The van der Waals surface area contributed by atoms with E-state index in [-0.39, 0.29) is 0 Å². The Hall–Kier alpha value is -2.94. The van der Waals surface area contributed by atoms with E-state index < -0.39 is 9.84 Å². The van der Waals surface area contributed by atoms with E-state index in [2.05, 4.69) is 30.8 Å². The lowest BCUT2D eigenvalue weighted by Crippen LogP contribution is -2.06. The molecule has 9 heteroatoms. The summed E-state index contributed by atoms with van der Waals surface area (Å²) in [5.41, 5.74) is 4.10. The Kier molecular flexibility index (Phi) is 4.88. The van der Waals surface area contributed by atoms with Crippen molar-refractivity contribution >= 4 is 33.1 Å². The van der Waals surface area contributed by atoms with Crippen LogP contribution in [0.1, 0.15) is 22.4 Å². The molecule has 0 radical (unpaired) electrons. The summed E-state index contributed by atoms with van der Waals surface area (Å²) in [6, 6.07) is 5.27. The highest BCUT2D eigenvalue weighted by Crippen LogP contribution is 2.27. The molecule has 3 rings (SSSR count). The van der Waals surface area contributed by atoms with Crippen molar-refractivity contribution < 1.29 is 8.42 Å². The highest BCUT2D eigenvalue weighted by molar-refractivity contribution is 7.90. The number of sulfone groups is 1. The molecule has 0 aliphatic rings. The van der Waals surface area contributed by atoms with Gasteiger partial charge in [0.15, 0.2) is 15.7 Å². The summed E-state index contributed by atoms with van der Waals surface area (Å²) in [4.78, 5) is 8.96. The van der Waals surface area contributed by atoms with Crippen LogP contribution in [0.15, 0.2) is 29.3 Å². The van der Waals surface area contributed by atoms with Crippen LogP contribution in [0.2, 0.25) is 0 Å². The normalized spacial score (nSPS) is 11.4. The van der Waals surface area contributed by atoms with Gasteiger partial charge in [-0.05, 0) is 57.0 Å². The van der Waals surface area contributed by atoms with Gasteiger partial charge in [0, 0.05) is 29.4 Å². The van der Waals surface area contributed by atoms with Gasteiger partial charge >= 0.3 is 0 Å². The molecule has 1 aromatic carbocycles. The second-order valence-corrected chi connectivity index (χ2v) is 8.53. The monoisotopic (exact) mass is 386 g/mol. The summed E-state index contributed by atoms with van der Waals surface area (Å²) in [6.45, 7) is 7.52. The minimum atomic E-state index is -3.33. The van der Waals surface area contributed by atoms with Gasteiger partial charge in [0.1, 0.15) is 5.82 Å². The van der Waals surface area contributed by atoms with Crippen LogP contribution < -0.4 is 10.6 Å². The molecule has 0 saturated heterocycles. The highest BCUT2D eigenvalue weighted by Gasteiger charge is 2.15. The van der Waals surface area contributed by atoms with E-state index in [0.717, 1.165) is 16.8 Å². The molecule has 0 unspecified atom stereocenters. The summed E-state index contributed by atoms with van der Waals surface area (Å²) >= 11 is 0. The third-order valence-electron chi connectivity index (χ3n) is 4.31. The van der Waals surface area contributed by atoms with Crippen LogP contribution in [-0.4, -0.2) is 34.8 Å². The molecule has 0 atom stereocenters. The second kappa shape index (κ2) is 6.99. The summed E-state index contributed by atoms with van der Waals surface area (Å²) in [5.74, 6) is 1.64. The summed E-state index contributed by atoms with van der Waals surface area (Å²) in [7, 11) is -3.33. The largest absolute Gasteiger partial charge is 0.324 e. The molecule has 3 aromatic rings. The lowest BCUT2D eigenvalue weighted by atomic mass is 10.1. The van der Waals surface area contributed by atoms with Gasteiger partial charge in [0.25, 0.3) is 0 Å². The molecule has 0 bridgehead atoms. The van der Waals surface area contributed by atoms with E-state index in [9.17, 15) is 8.42 Å². The van der Waals surface area contributed by atoms with E-state index in [1.165, 1.54) is 6.26 Å². The van der Waals surface area contributed by atoms with E-state index in [1.807, 2.05) is 26.8 Å². The van der Waals surface area contributed by atoms with Crippen LogP contribution in [0.5, 0.6) is 0 Å². The number of aromatic amines is 1. The van der Waals surface area contributed by atoms with Gasteiger partial charge in [0.05, 0.1) is 4.90 Å². The van der Waals surface area contributed by atoms with Crippen molar-refractivity contribution in [2.45, 2.75) is 32.6 Å².